The zero-order chi connectivity index (χ0) is 17.4. The highest BCUT2D eigenvalue weighted by molar-refractivity contribution is 6.00. The SMILES string of the molecule is Cc1ccc(CN2C[C@H](C(=O)N3CCc4ccccc43)CC2=O)cc1. The van der Waals surface area contributed by atoms with E-state index in [2.05, 4.69) is 30.3 Å². The number of hydrogen-bond acceptors (Lipinski definition) is 2. The van der Waals surface area contributed by atoms with E-state index in [-0.39, 0.29) is 17.7 Å². The number of para-hydroxylation sites is 1. The summed E-state index contributed by atoms with van der Waals surface area (Å²) in [6.45, 7) is 3.87. The first-order chi connectivity index (χ1) is 12.1. The van der Waals surface area contributed by atoms with Crippen molar-refractivity contribution in [3.05, 3.63) is 65.2 Å². The molecule has 4 rings (SSSR count). The van der Waals surface area contributed by atoms with Crippen LogP contribution in [0.25, 0.3) is 0 Å². The number of fused-ring (bicyclic) bond motifs is 1. The Morgan fingerprint density at radius 1 is 1.12 bits per heavy atom. The zero-order valence-electron chi connectivity index (χ0n) is 14.4. The van der Waals surface area contributed by atoms with E-state index in [9.17, 15) is 9.59 Å². The molecule has 2 aliphatic rings. The second-order valence-corrected chi connectivity index (χ2v) is 7.03. The maximum atomic E-state index is 12.9. The van der Waals surface area contributed by atoms with Crippen LogP contribution in [0.4, 0.5) is 5.69 Å². The molecule has 0 N–H and O–H groups in total. The Morgan fingerprint density at radius 2 is 1.88 bits per heavy atom. The first-order valence-electron chi connectivity index (χ1n) is 8.84. The Bertz CT molecular complexity index is 813. The number of carbonyl (C=O) groups is 2. The number of likely N-dealkylation sites (tertiary alicyclic amines) is 1. The van der Waals surface area contributed by atoms with Crippen molar-refractivity contribution in [1.82, 2.24) is 4.90 Å². The van der Waals surface area contributed by atoms with Gasteiger partial charge in [-0.15, -0.1) is 0 Å². The minimum Gasteiger partial charge on any atom is -0.338 e. The molecule has 128 valence electrons. The first-order valence-corrected chi connectivity index (χ1v) is 8.84. The molecule has 0 aliphatic carbocycles. The standard InChI is InChI=1S/C21H22N2O2/c1-15-6-8-16(9-7-15)13-22-14-18(12-20(22)24)21(25)23-11-10-17-4-2-3-5-19(17)23/h2-9,18H,10-14H2,1H3/t18-/m1/s1. The lowest BCUT2D eigenvalue weighted by Gasteiger charge is -2.21. The van der Waals surface area contributed by atoms with E-state index in [1.54, 1.807) is 0 Å². The molecule has 2 heterocycles. The van der Waals surface area contributed by atoms with Gasteiger partial charge in [0.1, 0.15) is 0 Å². The fraction of sp³-hybridized carbons (Fsp3) is 0.333. The molecule has 0 aromatic heterocycles. The van der Waals surface area contributed by atoms with E-state index in [0.29, 0.717) is 19.5 Å². The maximum Gasteiger partial charge on any atom is 0.232 e. The molecular formula is C21H22N2O2. The average Bonchev–Trinajstić information content (AvgIpc) is 3.20. The molecule has 2 aliphatic heterocycles. The molecule has 0 bridgehead atoms. The van der Waals surface area contributed by atoms with Gasteiger partial charge < -0.3 is 9.80 Å². The van der Waals surface area contributed by atoms with Crippen LogP contribution in [-0.2, 0) is 22.6 Å². The molecular weight excluding hydrogens is 312 g/mol. The number of hydrogen-bond donors (Lipinski definition) is 0. The lowest BCUT2D eigenvalue weighted by Crippen LogP contribution is -2.36. The van der Waals surface area contributed by atoms with E-state index in [0.717, 1.165) is 24.2 Å². The summed E-state index contributed by atoms with van der Waals surface area (Å²) in [5.74, 6) is -0.0692. The lowest BCUT2D eigenvalue weighted by molar-refractivity contribution is -0.128. The smallest absolute Gasteiger partial charge is 0.232 e. The van der Waals surface area contributed by atoms with Crippen LogP contribution in [-0.4, -0.2) is 29.8 Å². The average molecular weight is 334 g/mol. The third-order valence-electron chi connectivity index (χ3n) is 5.21. The number of amides is 2. The summed E-state index contributed by atoms with van der Waals surface area (Å²) in [6.07, 6.45) is 1.22. The number of benzene rings is 2. The third kappa shape index (κ3) is 3.04. The minimum atomic E-state index is -0.232. The van der Waals surface area contributed by atoms with Gasteiger partial charge in [0.25, 0.3) is 0 Å². The van der Waals surface area contributed by atoms with Crippen LogP contribution in [0.1, 0.15) is 23.1 Å². The summed E-state index contributed by atoms with van der Waals surface area (Å²) in [5.41, 5.74) is 4.55. The van der Waals surface area contributed by atoms with E-state index in [1.807, 2.05) is 34.9 Å². The highest BCUT2D eigenvalue weighted by Crippen LogP contribution is 2.31. The fourth-order valence-electron chi connectivity index (χ4n) is 3.79. The van der Waals surface area contributed by atoms with Crippen molar-refractivity contribution in [3.8, 4) is 0 Å². The van der Waals surface area contributed by atoms with Crippen molar-refractivity contribution in [2.24, 2.45) is 5.92 Å². The molecule has 0 saturated carbocycles. The van der Waals surface area contributed by atoms with Crippen molar-refractivity contribution in [3.63, 3.8) is 0 Å². The second-order valence-electron chi connectivity index (χ2n) is 7.03. The number of aryl methyl sites for hydroxylation is 1. The van der Waals surface area contributed by atoms with Crippen LogP contribution in [0.5, 0.6) is 0 Å². The quantitative estimate of drug-likeness (QED) is 0.866. The van der Waals surface area contributed by atoms with E-state index >= 15 is 0 Å². The van der Waals surface area contributed by atoms with Crippen LogP contribution in [0.2, 0.25) is 0 Å². The summed E-state index contributed by atoms with van der Waals surface area (Å²) in [7, 11) is 0. The molecule has 0 radical (unpaired) electrons. The van der Waals surface area contributed by atoms with Crippen molar-refractivity contribution in [1.29, 1.82) is 0 Å². The van der Waals surface area contributed by atoms with Crippen LogP contribution in [0, 0.1) is 12.8 Å². The van der Waals surface area contributed by atoms with Crippen LogP contribution < -0.4 is 4.90 Å². The van der Waals surface area contributed by atoms with Gasteiger partial charge in [-0.25, -0.2) is 0 Å². The van der Waals surface area contributed by atoms with E-state index in [4.69, 9.17) is 0 Å². The molecule has 2 aromatic rings. The Morgan fingerprint density at radius 3 is 2.68 bits per heavy atom. The van der Waals surface area contributed by atoms with Gasteiger partial charge >= 0.3 is 0 Å². The number of rotatable bonds is 3. The van der Waals surface area contributed by atoms with E-state index in [1.165, 1.54) is 11.1 Å². The van der Waals surface area contributed by atoms with Crippen molar-refractivity contribution in [2.75, 3.05) is 18.0 Å². The van der Waals surface area contributed by atoms with Gasteiger partial charge in [-0.05, 0) is 30.5 Å². The van der Waals surface area contributed by atoms with Crippen LogP contribution >= 0.6 is 0 Å². The minimum absolute atomic E-state index is 0.0754. The molecule has 2 amide bonds. The monoisotopic (exact) mass is 334 g/mol. The van der Waals surface area contributed by atoms with Crippen molar-refractivity contribution < 1.29 is 9.59 Å². The second kappa shape index (κ2) is 6.36. The molecule has 1 atom stereocenters. The summed E-state index contributed by atoms with van der Waals surface area (Å²) in [6, 6.07) is 16.3. The number of carbonyl (C=O) groups excluding carboxylic acids is 2. The Labute approximate surface area is 148 Å². The zero-order valence-corrected chi connectivity index (χ0v) is 14.4. The van der Waals surface area contributed by atoms with E-state index < -0.39 is 0 Å². The Hall–Kier alpha value is -2.62. The third-order valence-corrected chi connectivity index (χ3v) is 5.21. The lowest BCUT2D eigenvalue weighted by atomic mass is 10.1. The first kappa shape index (κ1) is 15.9. The highest BCUT2D eigenvalue weighted by Gasteiger charge is 2.38. The number of anilines is 1. The largest absolute Gasteiger partial charge is 0.338 e. The number of nitrogens with zero attached hydrogens (tertiary/aromatic N) is 2. The normalized spacial score (nSPS) is 19.4. The molecule has 2 aromatic carbocycles. The Balaban J connectivity index is 1.45. The molecule has 4 nitrogen and oxygen atoms in total. The highest BCUT2D eigenvalue weighted by atomic mass is 16.2. The fourth-order valence-corrected chi connectivity index (χ4v) is 3.79. The van der Waals surface area contributed by atoms with Gasteiger partial charge in [0, 0.05) is 31.7 Å². The Kier molecular flexibility index (Phi) is 4.04. The van der Waals surface area contributed by atoms with Gasteiger partial charge in [0.15, 0.2) is 0 Å². The van der Waals surface area contributed by atoms with Gasteiger partial charge in [-0.2, -0.15) is 0 Å². The van der Waals surface area contributed by atoms with Gasteiger partial charge in [0.05, 0.1) is 5.92 Å². The molecule has 0 spiro atoms. The summed E-state index contributed by atoms with van der Waals surface area (Å²) in [4.78, 5) is 29.0. The summed E-state index contributed by atoms with van der Waals surface area (Å²) in [5, 5.41) is 0. The van der Waals surface area contributed by atoms with Gasteiger partial charge in [-0.1, -0.05) is 48.0 Å². The maximum absolute atomic E-state index is 12.9. The molecule has 0 unspecified atom stereocenters. The molecule has 25 heavy (non-hydrogen) atoms. The van der Waals surface area contributed by atoms with Gasteiger partial charge in [-0.3, -0.25) is 9.59 Å². The van der Waals surface area contributed by atoms with Crippen molar-refractivity contribution in [2.45, 2.75) is 26.3 Å². The molecule has 1 saturated heterocycles. The summed E-state index contributed by atoms with van der Waals surface area (Å²) >= 11 is 0. The topological polar surface area (TPSA) is 40.6 Å². The van der Waals surface area contributed by atoms with Crippen LogP contribution in [0.3, 0.4) is 0 Å². The molecule has 1 fully saturated rings. The predicted octanol–water partition coefficient (Wildman–Crippen LogP) is 2.93. The summed E-state index contributed by atoms with van der Waals surface area (Å²) < 4.78 is 0. The molecule has 4 heteroatoms. The van der Waals surface area contributed by atoms with Crippen molar-refractivity contribution >= 4 is 17.5 Å². The van der Waals surface area contributed by atoms with Crippen LogP contribution in [0.15, 0.2) is 48.5 Å². The van der Waals surface area contributed by atoms with Gasteiger partial charge in [0.2, 0.25) is 11.8 Å². The predicted molar refractivity (Wildman–Crippen MR) is 97.2 cm³/mol.